The fourth-order valence-corrected chi connectivity index (χ4v) is 2.45. The summed E-state index contributed by atoms with van der Waals surface area (Å²) in [5.41, 5.74) is 0. The Kier molecular flexibility index (Phi) is 5.60. The van der Waals surface area contributed by atoms with Crippen LogP contribution in [0.4, 0.5) is 4.79 Å². The van der Waals surface area contributed by atoms with E-state index in [4.69, 9.17) is 4.74 Å². The van der Waals surface area contributed by atoms with Gasteiger partial charge in [0.1, 0.15) is 6.04 Å². The van der Waals surface area contributed by atoms with Crippen LogP contribution in [0.1, 0.15) is 13.3 Å². The van der Waals surface area contributed by atoms with Crippen LogP contribution in [0.3, 0.4) is 0 Å². The summed E-state index contributed by atoms with van der Waals surface area (Å²) in [6.45, 7) is 6.90. The molecular weight excluding hydrogens is 260 g/mol. The van der Waals surface area contributed by atoms with Gasteiger partial charge in [0.05, 0.1) is 13.2 Å². The third kappa shape index (κ3) is 3.61. The van der Waals surface area contributed by atoms with Gasteiger partial charge in [0, 0.05) is 39.3 Å². The lowest BCUT2D eigenvalue weighted by Crippen LogP contribution is -2.60. The summed E-state index contributed by atoms with van der Waals surface area (Å²) in [7, 11) is 0. The molecule has 0 aromatic carbocycles. The van der Waals surface area contributed by atoms with E-state index in [1.807, 2.05) is 11.8 Å². The maximum Gasteiger partial charge on any atom is 0.320 e. The Balaban J connectivity index is 1.98. The molecular formula is C13H24N4O3. The van der Waals surface area contributed by atoms with Gasteiger partial charge >= 0.3 is 6.03 Å². The number of hydrogen-bond donors (Lipinski definition) is 2. The lowest BCUT2D eigenvalue weighted by Gasteiger charge is -2.39. The monoisotopic (exact) mass is 284 g/mol. The Morgan fingerprint density at radius 2 is 2.05 bits per heavy atom. The van der Waals surface area contributed by atoms with Crippen LogP contribution >= 0.6 is 0 Å². The molecule has 2 saturated heterocycles. The van der Waals surface area contributed by atoms with Crippen molar-refractivity contribution in [3.8, 4) is 0 Å². The molecule has 0 saturated carbocycles. The van der Waals surface area contributed by atoms with Gasteiger partial charge in [-0.3, -0.25) is 4.79 Å². The van der Waals surface area contributed by atoms with Gasteiger partial charge in [0.2, 0.25) is 5.91 Å². The van der Waals surface area contributed by atoms with Gasteiger partial charge in [-0.1, -0.05) is 6.92 Å². The Hall–Kier alpha value is -1.34. The number of morpholine rings is 1. The maximum atomic E-state index is 12.5. The predicted octanol–water partition coefficient (Wildman–Crippen LogP) is -0.761. The molecule has 2 rings (SSSR count). The molecule has 114 valence electrons. The molecule has 20 heavy (non-hydrogen) atoms. The number of hydrogen-bond acceptors (Lipinski definition) is 4. The third-order valence-corrected chi connectivity index (χ3v) is 3.61. The minimum absolute atomic E-state index is 0.0496. The molecule has 0 spiro atoms. The summed E-state index contributed by atoms with van der Waals surface area (Å²) in [6, 6.07) is -0.552. The van der Waals surface area contributed by atoms with Gasteiger partial charge in [0.25, 0.3) is 0 Å². The topological polar surface area (TPSA) is 73.9 Å². The van der Waals surface area contributed by atoms with Crippen molar-refractivity contribution < 1.29 is 14.3 Å². The van der Waals surface area contributed by atoms with Crippen LogP contribution in [-0.4, -0.2) is 80.3 Å². The van der Waals surface area contributed by atoms with Crippen molar-refractivity contribution in [2.45, 2.75) is 19.4 Å². The fourth-order valence-electron chi connectivity index (χ4n) is 2.45. The molecule has 2 heterocycles. The number of amides is 3. The van der Waals surface area contributed by atoms with Crippen molar-refractivity contribution in [2.75, 3.05) is 52.5 Å². The number of carbonyl (C=O) groups excluding carboxylic acids is 2. The van der Waals surface area contributed by atoms with Gasteiger partial charge in [-0.2, -0.15) is 0 Å². The van der Waals surface area contributed by atoms with E-state index in [0.29, 0.717) is 32.8 Å². The molecule has 3 amide bonds. The zero-order valence-corrected chi connectivity index (χ0v) is 12.1. The standard InChI is InChI=1S/C13H24N4O3/c1-2-3-15-12(18)11-10-20-9-8-17(11)13(19)16-6-4-14-5-7-16/h11,14H,2-10H2,1H3,(H,15,18). The van der Waals surface area contributed by atoms with E-state index < -0.39 is 6.04 Å². The van der Waals surface area contributed by atoms with Crippen LogP contribution in [0.2, 0.25) is 0 Å². The molecule has 2 N–H and O–H groups in total. The fraction of sp³-hybridized carbons (Fsp3) is 0.846. The van der Waals surface area contributed by atoms with E-state index in [0.717, 1.165) is 19.5 Å². The number of urea groups is 1. The van der Waals surface area contributed by atoms with E-state index in [-0.39, 0.29) is 18.5 Å². The normalized spacial score (nSPS) is 23.6. The number of carbonyl (C=O) groups is 2. The van der Waals surface area contributed by atoms with Crippen molar-refractivity contribution >= 4 is 11.9 Å². The second kappa shape index (κ2) is 7.44. The number of nitrogens with one attached hydrogen (secondary N) is 2. The SMILES string of the molecule is CCCNC(=O)C1COCCN1C(=O)N1CCNCC1. The van der Waals surface area contributed by atoms with Crippen molar-refractivity contribution in [3.05, 3.63) is 0 Å². The van der Waals surface area contributed by atoms with Crippen LogP contribution in [0.5, 0.6) is 0 Å². The molecule has 0 aromatic rings. The lowest BCUT2D eigenvalue weighted by molar-refractivity contribution is -0.130. The van der Waals surface area contributed by atoms with Crippen molar-refractivity contribution in [1.29, 1.82) is 0 Å². The van der Waals surface area contributed by atoms with Crippen LogP contribution < -0.4 is 10.6 Å². The number of rotatable bonds is 3. The molecule has 2 fully saturated rings. The second-order valence-electron chi connectivity index (χ2n) is 5.09. The van der Waals surface area contributed by atoms with E-state index >= 15 is 0 Å². The van der Waals surface area contributed by atoms with Crippen molar-refractivity contribution in [1.82, 2.24) is 20.4 Å². The molecule has 0 aliphatic carbocycles. The molecule has 0 aromatic heterocycles. The van der Waals surface area contributed by atoms with E-state index in [1.54, 1.807) is 4.90 Å². The Morgan fingerprint density at radius 3 is 2.75 bits per heavy atom. The van der Waals surface area contributed by atoms with Crippen LogP contribution in [0, 0.1) is 0 Å². The van der Waals surface area contributed by atoms with E-state index in [9.17, 15) is 9.59 Å². The van der Waals surface area contributed by atoms with Gasteiger partial charge in [-0.15, -0.1) is 0 Å². The third-order valence-electron chi connectivity index (χ3n) is 3.61. The minimum Gasteiger partial charge on any atom is -0.377 e. The Labute approximate surface area is 119 Å². The summed E-state index contributed by atoms with van der Waals surface area (Å²) >= 11 is 0. The summed E-state index contributed by atoms with van der Waals surface area (Å²) in [5.74, 6) is -0.116. The Bertz CT molecular complexity index is 345. The van der Waals surface area contributed by atoms with Crippen LogP contribution in [0.15, 0.2) is 0 Å². The number of ether oxygens (including phenoxy) is 1. The van der Waals surface area contributed by atoms with Gasteiger partial charge in [0.15, 0.2) is 0 Å². The Morgan fingerprint density at radius 1 is 1.30 bits per heavy atom. The predicted molar refractivity (Wildman–Crippen MR) is 74.5 cm³/mol. The molecule has 0 radical (unpaired) electrons. The lowest BCUT2D eigenvalue weighted by atomic mass is 10.2. The smallest absolute Gasteiger partial charge is 0.320 e. The minimum atomic E-state index is -0.502. The van der Waals surface area contributed by atoms with Gasteiger partial charge < -0.3 is 25.2 Å². The highest BCUT2D eigenvalue weighted by atomic mass is 16.5. The summed E-state index contributed by atoms with van der Waals surface area (Å²) in [5, 5.41) is 6.06. The molecule has 2 aliphatic rings. The first-order valence-electron chi connectivity index (χ1n) is 7.35. The molecule has 1 unspecified atom stereocenters. The first-order valence-corrected chi connectivity index (χ1v) is 7.35. The summed E-state index contributed by atoms with van der Waals surface area (Å²) in [6.07, 6.45) is 0.880. The molecule has 1 atom stereocenters. The number of piperazine rings is 1. The van der Waals surface area contributed by atoms with Crippen molar-refractivity contribution in [2.24, 2.45) is 0 Å². The molecule has 2 aliphatic heterocycles. The average molecular weight is 284 g/mol. The van der Waals surface area contributed by atoms with E-state index in [1.165, 1.54) is 0 Å². The second-order valence-corrected chi connectivity index (χ2v) is 5.09. The molecule has 0 bridgehead atoms. The first-order chi connectivity index (χ1) is 9.74. The zero-order chi connectivity index (χ0) is 14.4. The van der Waals surface area contributed by atoms with Crippen LogP contribution in [-0.2, 0) is 9.53 Å². The largest absolute Gasteiger partial charge is 0.377 e. The summed E-state index contributed by atoms with van der Waals surface area (Å²) < 4.78 is 5.37. The van der Waals surface area contributed by atoms with E-state index in [2.05, 4.69) is 10.6 Å². The molecule has 7 nitrogen and oxygen atoms in total. The van der Waals surface area contributed by atoms with Gasteiger partial charge in [-0.05, 0) is 6.42 Å². The zero-order valence-electron chi connectivity index (χ0n) is 12.1. The number of nitrogens with zero attached hydrogens (tertiary/aromatic N) is 2. The molecule has 7 heteroatoms. The van der Waals surface area contributed by atoms with Crippen LogP contribution in [0.25, 0.3) is 0 Å². The van der Waals surface area contributed by atoms with Crippen molar-refractivity contribution in [3.63, 3.8) is 0 Å². The highest BCUT2D eigenvalue weighted by Crippen LogP contribution is 2.11. The summed E-state index contributed by atoms with van der Waals surface area (Å²) in [4.78, 5) is 28.1. The maximum absolute atomic E-state index is 12.5. The highest BCUT2D eigenvalue weighted by Gasteiger charge is 2.35. The highest BCUT2D eigenvalue weighted by molar-refractivity contribution is 5.87. The average Bonchev–Trinajstić information content (AvgIpc) is 2.52. The first kappa shape index (κ1) is 15.1. The van der Waals surface area contributed by atoms with Gasteiger partial charge in [-0.25, -0.2) is 4.79 Å². The quantitative estimate of drug-likeness (QED) is 0.714.